The molecule has 80 valence electrons. The summed E-state index contributed by atoms with van der Waals surface area (Å²) in [6, 6.07) is 11.8. The largest absolute Gasteiger partial charge is 0.290 e. The SMILES string of the molecule is C=CC1CCCN1C(C)c1ccccc1. The Balaban J connectivity index is 2.14. The average Bonchev–Trinajstić information content (AvgIpc) is 2.77. The van der Waals surface area contributed by atoms with Crippen LogP contribution in [0.2, 0.25) is 0 Å². The fourth-order valence-corrected chi connectivity index (χ4v) is 2.47. The van der Waals surface area contributed by atoms with E-state index >= 15 is 0 Å². The zero-order chi connectivity index (χ0) is 10.7. The highest BCUT2D eigenvalue weighted by atomic mass is 15.2. The van der Waals surface area contributed by atoms with Gasteiger partial charge in [-0.1, -0.05) is 36.4 Å². The molecule has 1 aliphatic rings. The van der Waals surface area contributed by atoms with Gasteiger partial charge in [0.05, 0.1) is 0 Å². The molecule has 0 spiro atoms. The highest BCUT2D eigenvalue weighted by Crippen LogP contribution is 2.29. The summed E-state index contributed by atoms with van der Waals surface area (Å²) in [5, 5.41) is 0. The van der Waals surface area contributed by atoms with E-state index in [-0.39, 0.29) is 0 Å². The van der Waals surface area contributed by atoms with Gasteiger partial charge in [-0.15, -0.1) is 6.58 Å². The smallest absolute Gasteiger partial charge is 0.0325 e. The molecular weight excluding hydrogens is 182 g/mol. The van der Waals surface area contributed by atoms with Crippen LogP contribution >= 0.6 is 0 Å². The second-order valence-corrected chi connectivity index (χ2v) is 4.27. The Morgan fingerprint density at radius 1 is 1.40 bits per heavy atom. The van der Waals surface area contributed by atoms with Crippen molar-refractivity contribution in [2.45, 2.75) is 31.8 Å². The van der Waals surface area contributed by atoms with Crippen molar-refractivity contribution in [2.75, 3.05) is 6.54 Å². The van der Waals surface area contributed by atoms with Gasteiger partial charge in [0.15, 0.2) is 0 Å². The van der Waals surface area contributed by atoms with Gasteiger partial charge in [-0.2, -0.15) is 0 Å². The lowest BCUT2D eigenvalue weighted by Crippen LogP contribution is -2.30. The van der Waals surface area contributed by atoms with Gasteiger partial charge in [0, 0.05) is 12.1 Å². The minimum absolute atomic E-state index is 0.511. The maximum atomic E-state index is 3.93. The molecule has 0 saturated carbocycles. The first-order valence-electron chi connectivity index (χ1n) is 5.76. The van der Waals surface area contributed by atoms with E-state index in [0.717, 1.165) is 0 Å². The Morgan fingerprint density at radius 3 is 2.80 bits per heavy atom. The predicted molar refractivity (Wildman–Crippen MR) is 64.8 cm³/mol. The van der Waals surface area contributed by atoms with E-state index in [9.17, 15) is 0 Å². The van der Waals surface area contributed by atoms with Gasteiger partial charge in [0.25, 0.3) is 0 Å². The minimum Gasteiger partial charge on any atom is -0.290 e. The maximum Gasteiger partial charge on any atom is 0.0325 e. The zero-order valence-electron chi connectivity index (χ0n) is 9.39. The molecule has 0 aliphatic carbocycles. The molecule has 0 radical (unpaired) electrons. The Hall–Kier alpha value is -1.08. The first-order chi connectivity index (χ1) is 7.33. The number of rotatable bonds is 3. The van der Waals surface area contributed by atoms with Gasteiger partial charge in [0.1, 0.15) is 0 Å². The van der Waals surface area contributed by atoms with E-state index in [0.29, 0.717) is 12.1 Å². The molecule has 2 atom stereocenters. The van der Waals surface area contributed by atoms with Crippen LogP contribution in [-0.4, -0.2) is 17.5 Å². The molecule has 1 fully saturated rings. The van der Waals surface area contributed by atoms with Crippen molar-refractivity contribution < 1.29 is 0 Å². The summed E-state index contributed by atoms with van der Waals surface area (Å²) in [6.45, 7) is 7.42. The highest BCUT2D eigenvalue weighted by molar-refractivity contribution is 5.19. The summed E-state index contributed by atoms with van der Waals surface area (Å²) in [7, 11) is 0. The number of nitrogens with zero attached hydrogens (tertiary/aromatic N) is 1. The van der Waals surface area contributed by atoms with Crippen LogP contribution in [0.3, 0.4) is 0 Å². The lowest BCUT2D eigenvalue weighted by molar-refractivity contribution is 0.222. The van der Waals surface area contributed by atoms with E-state index in [1.165, 1.54) is 24.9 Å². The molecule has 0 aromatic heterocycles. The molecule has 1 heteroatoms. The first kappa shape index (κ1) is 10.4. The topological polar surface area (TPSA) is 3.24 Å². The Labute approximate surface area is 92.4 Å². The molecular formula is C14H19N. The number of hydrogen-bond donors (Lipinski definition) is 0. The number of hydrogen-bond acceptors (Lipinski definition) is 1. The quantitative estimate of drug-likeness (QED) is 0.677. The van der Waals surface area contributed by atoms with Crippen molar-refractivity contribution in [2.24, 2.45) is 0 Å². The first-order valence-corrected chi connectivity index (χ1v) is 5.76. The molecule has 2 unspecified atom stereocenters. The molecule has 0 N–H and O–H groups in total. The van der Waals surface area contributed by atoms with Crippen LogP contribution in [0.5, 0.6) is 0 Å². The normalized spacial score (nSPS) is 23.9. The molecule has 1 heterocycles. The van der Waals surface area contributed by atoms with Crippen LogP contribution in [0, 0.1) is 0 Å². The number of benzene rings is 1. The van der Waals surface area contributed by atoms with Crippen molar-refractivity contribution in [1.29, 1.82) is 0 Å². The van der Waals surface area contributed by atoms with E-state index in [4.69, 9.17) is 0 Å². The summed E-state index contributed by atoms with van der Waals surface area (Å²) >= 11 is 0. The fourth-order valence-electron chi connectivity index (χ4n) is 2.47. The lowest BCUT2D eigenvalue weighted by atomic mass is 10.1. The molecule has 1 saturated heterocycles. The summed E-state index contributed by atoms with van der Waals surface area (Å²) in [6.07, 6.45) is 4.65. The number of likely N-dealkylation sites (tertiary alicyclic amines) is 1. The molecule has 15 heavy (non-hydrogen) atoms. The third kappa shape index (κ3) is 2.13. The van der Waals surface area contributed by atoms with E-state index in [2.05, 4.69) is 54.8 Å². The lowest BCUT2D eigenvalue weighted by Gasteiger charge is -2.29. The van der Waals surface area contributed by atoms with E-state index in [1.54, 1.807) is 0 Å². The third-order valence-corrected chi connectivity index (χ3v) is 3.39. The van der Waals surface area contributed by atoms with E-state index < -0.39 is 0 Å². The van der Waals surface area contributed by atoms with Gasteiger partial charge in [-0.25, -0.2) is 0 Å². The maximum absolute atomic E-state index is 3.93. The molecule has 0 amide bonds. The van der Waals surface area contributed by atoms with Crippen LogP contribution in [0.25, 0.3) is 0 Å². The van der Waals surface area contributed by atoms with Gasteiger partial charge in [-0.05, 0) is 31.9 Å². The molecule has 1 aliphatic heterocycles. The van der Waals surface area contributed by atoms with Gasteiger partial charge in [0.2, 0.25) is 0 Å². The molecule has 1 aromatic rings. The van der Waals surface area contributed by atoms with Crippen molar-refractivity contribution in [3.05, 3.63) is 48.6 Å². The van der Waals surface area contributed by atoms with Crippen molar-refractivity contribution in [3.8, 4) is 0 Å². The highest BCUT2D eigenvalue weighted by Gasteiger charge is 2.26. The monoisotopic (exact) mass is 201 g/mol. The fraction of sp³-hybridized carbons (Fsp3) is 0.429. The van der Waals surface area contributed by atoms with Crippen LogP contribution in [0.15, 0.2) is 43.0 Å². The van der Waals surface area contributed by atoms with Gasteiger partial charge >= 0.3 is 0 Å². The standard InChI is InChI=1S/C14H19N/c1-3-14-10-7-11-15(14)12(2)13-8-5-4-6-9-13/h3-6,8-9,12,14H,1,7,10-11H2,2H3. The third-order valence-electron chi connectivity index (χ3n) is 3.39. The van der Waals surface area contributed by atoms with Crippen molar-refractivity contribution >= 4 is 0 Å². The van der Waals surface area contributed by atoms with Crippen LogP contribution < -0.4 is 0 Å². The summed E-state index contributed by atoms with van der Waals surface area (Å²) in [5.74, 6) is 0. The van der Waals surface area contributed by atoms with Gasteiger partial charge in [-0.3, -0.25) is 4.90 Å². The summed E-state index contributed by atoms with van der Waals surface area (Å²) < 4.78 is 0. The molecule has 1 aromatic carbocycles. The van der Waals surface area contributed by atoms with Gasteiger partial charge < -0.3 is 0 Å². The average molecular weight is 201 g/mol. The Kier molecular flexibility index (Phi) is 3.22. The molecule has 0 bridgehead atoms. The molecule has 1 nitrogen and oxygen atoms in total. The Bertz CT molecular complexity index is 317. The second kappa shape index (κ2) is 4.63. The zero-order valence-corrected chi connectivity index (χ0v) is 9.39. The van der Waals surface area contributed by atoms with Crippen LogP contribution in [0.1, 0.15) is 31.4 Å². The van der Waals surface area contributed by atoms with Crippen LogP contribution in [-0.2, 0) is 0 Å². The predicted octanol–water partition coefficient (Wildman–Crippen LogP) is 3.40. The van der Waals surface area contributed by atoms with Crippen molar-refractivity contribution in [1.82, 2.24) is 4.90 Å². The van der Waals surface area contributed by atoms with Crippen LogP contribution in [0.4, 0.5) is 0 Å². The Morgan fingerprint density at radius 2 is 2.13 bits per heavy atom. The second-order valence-electron chi connectivity index (χ2n) is 4.27. The van der Waals surface area contributed by atoms with E-state index in [1.807, 2.05) is 0 Å². The molecule has 2 rings (SSSR count). The minimum atomic E-state index is 0.511. The summed E-state index contributed by atoms with van der Waals surface area (Å²) in [4.78, 5) is 2.54. The summed E-state index contributed by atoms with van der Waals surface area (Å²) in [5.41, 5.74) is 1.41. The van der Waals surface area contributed by atoms with Crippen molar-refractivity contribution in [3.63, 3.8) is 0 Å².